The number of nitrogens with two attached hydrogens (primary N) is 1. The number of rotatable bonds is 6. The average molecular weight is 202 g/mol. The Hall–Kier alpha value is -0.610. The minimum absolute atomic E-state index is 0.00391. The Bertz CT molecular complexity index is 179. The first-order valence-corrected chi connectivity index (χ1v) is 5.16. The van der Waals surface area contributed by atoms with Gasteiger partial charge in [0.25, 0.3) is 0 Å². The second-order valence-corrected chi connectivity index (χ2v) is 3.73. The molecular formula is C10H22N2O2. The standard InChI is InChI=1S/C10H22N2O2/c1-4-10(3,8-11)9(14)12(5-2)6-7-13/h13H,4-8,11H2,1-3H3. The van der Waals surface area contributed by atoms with E-state index in [1.54, 1.807) is 4.90 Å². The van der Waals surface area contributed by atoms with Crippen LogP contribution < -0.4 is 5.73 Å². The fraction of sp³-hybridized carbons (Fsp3) is 0.900. The molecule has 0 heterocycles. The summed E-state index contributed by atoms with van der Waals surface area (Å²) < 4.78 is 0. The molecule has 0 bridgehead atoms. The van der Waals surface area contributed by atoms with Gasteiger partial charge in [0.15, 0.2) is 0 Å². The summed E-state index contributed by atoms with van der Waals surface area (Å²) in [7, 11) is 0. The molecule has 0 spiro atoms. The van der Waals surface area contributed by atoms with Crippen LogP contribution in [0.1, 0.15) is 27.2 Å². The van der Waals surface area contributed by atoms with Gasteiger partial charge in [-0.25, -0.2) is 0 Å². The normalized spacial score (nSPS) is 14.9. The molecule has 1 atom stereocenters. The summed E-state index contributed by atoms with van der Waals surface area (Å²) in [4.78, 5) is 13.6. The SMILES string of the molecule is CCN(CCO)C(=O)C(C)(CC)CN. The molecule has 0 fully saturated rings. The highest BCUT2D eigenvalue weighted by atomic mass is 16.3. The first kappa shape index (κ1) is 13.4. The molecule has 0 aromatic rings. The molecule has 0 aliphatic heterocycles. The first-order valence-electron chi connectivity index (χ1n) is 5.16. The van der Waals surface area contributed by atoms with Gasteiger partial charge in [-0.05, 0) is 20.3 Å². The lowest BCUT2D eigenvalue weighted by atomic mass is 9.86. The van der Waals surface area contributed by atoms with Gasteiger partial charge in [-0.15, -0.1) is 0 Å². The van der Waals surface area contributed by atoms with Gasteiger partial charge in [0.1, 0.15) is 0 Å². The molecule has 1 unspecified atom stereocenters. The summed E-state index contributed by atoms with van der Waals surface area (Å²) in [6.07, 6.45) is 0.726. The lowest BCUT2D eigenvalue weighted by Gasteiger charge is -2.32. The Balaban J connectivity index is 4.53. The maximum atomic E-state index is 12.0. The van der Waals surface area contributed by atoms with Crippen molar-refractivity contribution in [1.82, 2.24) is 4.90 Å². The molecule has 0 saturated heterocycles. The molecule has 14 heavy (non-hydrogen) atoms. The quantitative estimate of drug-likeness (QED) is 0.646. The van der Waals surface area contributed by atoms with E-state index < -0.39 is 5.41 Å². The zero-order valence-corrected chi connectivity index (χ0v) is 9.42. The van der Waals surface area contributed by atoms with Crippen molar-refractivity contribution in [1.29, 1.82) is 0 Å². The van der Waals surface area contributed by atoms with Crippen LogP contribution in [0.25, 0.3) is 0 Å². The number of likely N-dealkylation sites (N-methyl/N-ethyl adjacent to an activating group) is 1. The van der Waals surface area contributed by atoms with Crippen LogP contribution in [0, 0.1) is 5.41 Å². The molecule has 4 heteroatoms. The Labute approximate surface area is 86.1 Å². The molecule has 0 rings (SSSR count). The van der Waals surface area contributed by atoms with Crippen LogP contribution in [0.4, 0.5) is 0 Å². The molecule has 0 radical (unpaired) electrons. The van der Waals surface area contributed by atoms with Crippen molar-refractivity contribution in [3.8, 4) is 0 Å². The van der Waals surface area contributed by atoms with E-state index in [4.69, 9.17) is 10.8 Å². The van der Waals surface area contributed by atoms with Gasteiger partial charge in [-0.1, -0.05) is 6.92 Å². The zero-order valence-electron chi connectivity index (χ0n) is 9.42. The van der Waals surface area contributed by atoms with Crippen LogP contribution in [0.3, 0.4) is 0 Å². The summed E-state index contributed by atoms with van der Waals surface area (Å²) >= 11 is 0. The van der Waals surface area contributed by atoms with E-state index in [9.17, 15) is 4.79 Å². The van der Waals surface area contributed by atoms with Gasteiger partial charge in [0.05, 0.1) is 12.0 Å². The monoisotopic (exact) mass is 202 g/mol. The highest BCUT2D eigenvalue weighted by Crippen LogP contribution is 2.22. The fourth-order valence-electron chi connectivity index (χ4n) is 1.29. The topological polar surface area (TPSA) is 66.6 Å². The largest absolute Gasteiger partial charge is 0.395 e. The second-order valence-electron chi connectivity index (χ2n) is 3.73. The van der Waals surface area contributed by atoms with Crippen molar-refractivity contribution in [3.05, 3.63) is 0 Å². The lowest BCUT2D eigenvalue weighted by molar-refractivity contribution is -0.141. The number of hydrogen-bond acceptors (Lipinski definition) is 3. The van der Waals surface area contributed by atoms with Crippen LogP contribution in [0.15, 0.2) is 0 Å². The molecule has 84 valence electrons. The van der Waals surface area contributed by atoms with E-state index in [-0.39, 0.29) is 12.5 Å². The third-order valence-electron chi connectivity index (χ3n) is 2.79. The van der Waals surface area contributed by atoms with Crippen LogP contribution in [0.2, 0.25) is 0 Å². The van der Waals surface area contributed by atoms with Gasteiger partial charge >= 0.3 is 0 Å². The molecule has 0 aromatic heterocycles. The van der Waals surface area contributed by atoms with Gasteiger partial charge in [0.2, 0.25) is 5.91 Å². The lowest BCUT2D eigenvalue weighted by Crippen LogP contribution is -2.47. The third-order valence-corrected chi connectivity index (χ3v) is 2.79. The van der Waals surface area contributed by atoms with E-state index in [1.807, 2.05) is 20.8 Å². The van der Waals surface area contributed by atoms with Gasteiger partial charge in [-0.3, -0.25) is 4.79 Å². The maximum absolute atomic E-state index is 12.0. The number of amides is 1. The highest BCUT2D eigenvalue weighted by Gasteiger charge is 2.32. The second kappa shape index (κ2) is 5.98. The van der Waals surface area contributed by atoms with E-state index >= 15 is 0 Å². The molecule has 1 amide bonds. The smallest absolute Gasteiger partial charge is 0.229 e. The predicted octanol–water partition coefficient (Wildman–Crippen LogP) is 0.202. The zero-order chi connectivity index (χ0) is 11.2. The molecule has 3 N–H and O–H groups in total. The molecule has 0 aliphatic carbocycles. The van der Waals surface area contributed by atoms with E-state index in [1.165, 1.54) is 0 Å². The van der Waals surface area contributed by atoms with Crippen molar-refractivity contribution >= 4 is 5.91 Å². The number of carbonyl (C=O) groups excluding carboxylic acids is 1. The molecule has 0 aromatic carbocycles. The molecule has 0 aliphatic rings. The first-order chi connectivity index (χ1) is 6.55. The van der Waals surface area contributed by atoms with Crippen molar-refractivity contribution in [2.75, 3.05) is 26.2 Å². The Kier molecular flexibility index (Phi) is 5.72. The predicted molar refractivity (Wildman–Crippen MR) is 56.8 cm³/mol. The Morgan fingerprint density at radius 2 is 2.07 bits per heavy atom. The Morgan fingerprint density at radius 3 is 2.36 bits per heavy atom. The summed E-state index contributed by atoms with van der Waals surface area (Å²) in [6.45, 7) is 7.10. The summed E-state index contributed by atoms with van der Waals surface area (Å²) in [5.41, 5.74) is 5.12. The summed E-state index contributed by atoms with van der Waals surface area (Å²) in [6, 6.07) is 0. The highest BCUT2D eigenvalue weighted by molar-refractivity contribution is 5.82. The fourth-order valence-corrected chi connectivity index (χ4v) is 1.29. The van der Waals surface area contributed by atoms with Crippen LogP contribution in [-0.2, 0) is 4.79 Å². The average Bonchev–Trinajstić information content (AvgIpc) is 2.23. The van der Waals surface area contributed by atoms with E-state index in [2.05, 4.69) is 0 Å². The molecule has 4 nitrogen and oxygen atoms in total. The van der Waals surface area contributed by atoms with Gasteiger partial charge < -0.3 is 15.7 Å². The number of aliphatic hydroxyl groups excluding tert-OH is 1. The maximum Gasteiger partial charge on any atom is 0.229 e. The van der Waals surface area contributed by atoms with Crippen LogP contribution in [0.5, 0.6) is 0 Å². The minimum atomic E-state index is -0.481. The van der Waals surface area contributed by atoms with Crippen molar-refractivity contribution in [3.63, 3.8) is 0 Å². The number of carbonyl (C=O) groups is 1. The van der Waals surface area contributed by atoms with Crippen molar-refractivity contribution in [2.45, 2.75) is 27.2 Å². The van der Waals surface area contributed by atoms with Crippen molar-refractivity contribution in [2.24, 2.45) is 11.1 Å². The van der Waals surface area contributed by atoms with Crippen LogP contribution >= 0.6 is 0 Å². The van der Waals surface area contributed by atoms with E-state index in [0.29, 0.717) is 19.6 Å². The minimum Gasteiger partial charge on any atom is -0.395 e. The van der Waals surface area contributed by atoms with E-state index in [0.717, 1.165) is 6.42 Å². The number of nitrogens with zero attached hydrogens (tertiary/aromatic N) is 1. The van der Waals surface area contributed by atoms with Gasteiger partial charge in [-0.2, -0.15) is 0 Å². The Morgan fingerprint density at radius 1 is 1.50 bits per heavy atom. The number of aliphatic hydroxyl groups is 1. The molecule has 0 saturated carbocycles. The summed E-state index contributed by atoms with van der Waals surface area (Å²) in [5.74, 6) is 0.0408. The number of hydrogen-bond donors (Lipinski definition) is 2. The van der Waals surface area contributed by atoms with Crippen LogP contribution in [-0.4, -0.2) is 42.2 Å². The van der Waals surface area contributed by atoms with Crippen molar-refractivity contribution < 1.29 is 9.90 Å². The summed E-state index contributed by atoms with van der Waals surface area (Å²) in [5, 5.41) is 8.80. The van der Waals surface area contributed by atoms with Gasteiger partial charge in [0, 0.05) is 19.6 Å². The molecular weight excluding hydrogens is 180 g/mol. The third kappa shape index (κ3) is 2.96.